The van der Waals surface area contributed by atoms with Crippen molar-refractivity contribution in [3.63, 3.8) is 0 Å². The SMILES string of the molecule is Cc1ccc2c(c1)c1c3n2CC[NH+](CC(=O)c2c[nH]c4ccccc24)[C@@H]3CCC1. The number of aromatic nitrogens is 2. The summed E-state index contributed by atoms with van der Waals surface area (Å²) in [6.07, 6.45) is 5.46. The lowest BCUT2D eigenvalue weighted by molar-refractivity contribution is -0.928. The summed E-state index contributed by atoms with van der Waals surface area (Å²) in [7, 11) is 0. The highest BCUT2D eigenvalue weighted by atomic mass is 16.1. The van der Waals surface area contributed by atoms with Crippen LogP contribution in [0.2, 0.25) is 0 Å². The van der Waals surface area contributed by atoms with Crippen molar-refractivity contribution in [3.8, 4) is 0 Å². The van der Waals surface area contributed by atoms with Gasteiger partial charge in [-0.2, -0.15) is 0 Å². The van der Waals surface area contributed by atoms with Crippen molar-refractivity contribution >= 4 is 27.6 Å². The van der Waals surface area contributed by atoms with Crippen molar-refractivity contribution in [2.24, 2.45) is 0 Å². The van der Waals surface area contributed by atoms with Gasteiger partial charge in [-0.1, -0.05) is 29.8 Å². The van der Waals surface area contributed by atoms with Crippen LogP contribution in [0.25, 0.3) is 21.8 Å². The number of benzene rings is 2. The number of H-pyrrole nitrogens is 1. The van der Waals surface area contributed by atoms with Gasteiger partial charge in [0.1, 0.15) is 12.6 Å². The van der Waals surface area contributed by atoms with Crippen LogP contribution >= 0.6 is 0 Å². The average Bonchev–Trinajstić information content (AvgIpc) is 3.31. The first-order chi connectivity index (χ1) is 14.2. The molecule has 2 atom stereocenters. The molecule has 0 radical (unpaired) electrons. The molecule has 0 bridgehead atoms. The van der Waals surface area contributed by atoms with Crippen molar-refractivity contribution in [2.45, 2.75) is 38.8 Å². The van der Waals surface area contributed by atoms with E-state index in [1.807, 2.05) is 30.5 Å². The minimum atomic E-state index is 0.255. The molecule has 2 aliphatic rings. The van der Waals surface area contributed by atoms with Gasteiger partial charge in [-0.05, 0) is 43.5 Å². The van der Waals surface area contributed by atoms with Crippen LogP contribution in [0, 0.1) is 6.92 Å². The minimum Gasteiger partial charge on any atom is -0.360 e. The van der Waals surface area contributed by atoms with Crippen LogP contribution in [0.15, 0.2) is 48.7 Å². The largest absolute Gasteiger partial charge is 0.360 e. The monoisotopic (exact) mass is 384 g/mol. The topological polar surface area (TPSA) is 42.2 Å². The Morgan fingerprint density at radius 1 is 1.21 bits per heavy atom. The second-order valence-corrected chi connectivity index (χ2v) is 8.74. The highest BCUT2D eigenvalue weighted by Gasteiger charge is 2.38. The molecule has 2 aromatic heterocycles. The van der Waals surface area contributed by atoms with Crippen LogP contribution in [-0.2, 0) is 13.0 Å². The van der Waals surface area contributed by atoms with E-state index in [-0.39, 0.29) is 5.78 Å². The van der Waals surface area contributed by atoms with Gasteiger partial charge < -0.3 is 14.5 Å². The summed E-state index contributed by atoms with van der Waals surface area (Å²) in [5.74, 6) is 0.255. The minimum absolute atomic E-state index is 0.255. The highest BCUT2D eigenvalue weighted by molar-refractivity contribution is 6.08. The summed E-state index contributed by atoms with van der Waals surface area (Å²) >= 11 is 0. The van der Waals surface area contributed by atoms with Gasteiger partial charge in [-0.25, -0.2) is 0 Å². The number of quaternary nitrogens is 1. The van der Waals surface area contributed by atoms with E-state index in [1.165, 1.54) is 51.9 Å². The summed E-state index contributed by atoms with van der Waals surface area (Å²) in [5.41, 5.74) is 7.64. The predicted molar refractivity (Wildman–Crippen MR) is 116 cm³/mol. The van der Waals surface area contributed by atoms with E-state index in [4.69, 9.17) is 0 Å². The Morgan fingerprint density at radius 3 is 3.03 bits per heavy atom. The number of nitrogens with one attached hydrogen (secondary N) is 2. The third-order valence-electron chi connectivity index (χ3n) is 7.04. The smallest absolute Gasteiger partial charge is 0.219 e. The highest BCUT2D eigenvalue weighted by Crippen LogP contribution is 2.37. The standard InChI is InChI=1S/C25H25N3O/c1-16-9-10-22-19(13-16)18-6-4-8-23-25(18)28(22)12-11-27(23)15-24(29)20-14-26-21-7-3-2-5-17(20)21/h2-3,5,7,9-10,13-14,23,26H,4,6,8,11-12,15H2,1H3/p+1/t23-/m1/s1. The van der Waals surface area contributed by atoms with Crippen molar-refractivity contribution in [2.75, 3.05) is 13.1 Å². The van der Waals surface area contributed by atoms with Gasteiger partial charge in [0.05, 0.1) is 18.8 Å². The Balaban J connectivity index is 1.37. The zero-order valence-corrected chi connectivity index (χ0v) is 16.8. The van der Waals surface area contributed by atoms with Crippen molar-refractivity contribution in [1.82, 2.24) is 9.55 Å². The third kappa shape index (κ3) is 2.52. The summed E-state index contributed by atoms with van der Waals surface area (Å²) in [5, 5.41) is 2.48. The number of Topliss-reactive ketones (excluding diaryl/α,β-unsaturated/α-hetero) is 1. The third-order valence-corrected chi connectivity index (χ3v) is 7.04. The molecular formula is C25H26N3O+. The molecule has 1 aliphatic carbocycles. The van der Waals surface area contributed by atoms with Gasteiger partial charge in [0.15, 0.2) is 0 Å². The van der Waals surface area contributed by atoms with Gasteiger partial charge >= 0.3 is 0 Å². The van der Waals surface area contributed by atoms with Crippen LogP contribution < -0.4 is 4.90 Å². The number of carbonyl (C=O) groups is 1. The molecule has 2 aromatic carbocycles. The number of nitrogens with zero attached hydrogens (tertiary/aromatic N) is 1. The summed E-state index contributed by atoms with van der Waals surface area (Å²) in [6, 6.07) is 15.4. The molecule has 3 heterocycles. The molecule has 29 heavy (non-hydrogen) atoms. The van der Waals surface area contributed by atoms with Crippen LogP contribution in [0.4, 0.5) is 0 Å². The number of aromatic amines is 1. The number of carbonyl (C=O) groups excluding carboxylic acids is 1. The lowest BCUT2D eigenvalue weighted by Crippen LogP contribution is -3.14. The molecule has 4 nitrogen and oxygen atoms in total. The molecule has 1 unspecified atom stereocenters. The maximum atomic E-state index is 13.2. The molecule has 4 heteroatoms. The molecular weight excluding hydrogens is 358 g/mol. The van der Waals surface area contributed by atoms with Crippen molar-refractivity contribution < 1.29 is 9.69 Å². The van der Waals surface area contributed by atoms with Crippen LogP contribution in [0.5, 0.6) is 0 Å². The Bertz CT molecular complexity index is 1260. The number of para-hydroxylation sites is 1. The van der Waals surface area contributed by atoms with E-state index < -0.39 is 0 Å². The molecule has 1 aliphatic heterocycles. The molecule has 4 aromatic rings. The number of ketones is 1. The predicted octanol–water partition coefficient (Wildman–Crippen LogP) is 3.59. The fourth-order valence-corrected chi connectivity index (χ4v) is 5.72. The Morgan fingerprint density at radius 2 is 2.10 bits per heavy atom. The van der Waals surface area contributed by atoms with E-state index in [2.05, 4.69) is 34.7 Å². The first-order valence-electron chi connectivity index (χ1n) is 10.8. The van der Waals surface area contributed by atoms with E-state index >= 15 is 0 Å². The van der Waals surface area contributed by atoms with Gasteiger partial charge in [0.2, 0.25) is 5.78 Å². The number of hydrogen-bond acceptors (Lipinski definition) is 1. The Labute approximate surface area is 170 Å². The van der Waals surface area contributed by atoms with E-state index in [0.717, 1.165) is 29.6 Å². The summed E-state index contributed by atoms with van der Waals surface area (Å²) < 4.78 is 2.55. The van der Waals surface area contributed by atoms with Crippen molar-refractivity contribution in [3.05, 3.63) is 71.0 Å². The van der Waals surface area contributed by atoms with E-state index in [9.17, 15) is 4.79 Å². The molecule has 0 saturated carbocycles. The molecule has 0 fully saturated rings. The lowest BCUT2D eigenvalue weighted by Gasteiger charge is -2.36. The number of rotatable bonds is 3. The lowest BCUT2D eigenvalue weighted by atomic mass is 9.89. The maximum Gasteiger partial charge on any atom is 0.219 e. The van der Waals surface area contributed by atoms with Gasteiger partial charge in [-0.3, -0.25) is 4.79 Å². The van der Waals surface area contributed by atoms with Gasteiger partial charge in [0, 0.05) is 40.0 Å². The zero-order valence-electron chi connectivity index (χ0n) is 16.8. The Hall–Kier alpha value is -2.85. The second-order valence-electron chi connectivity index (χ2n) is 8.74. The van der Waals surface area contributed by atoms with E-state index in [0.29, 0.717) is 12.6 Å². The average molecular weight is 385 g/mol. The number of aryl methyl sites for hydroxylation is 2. The summed E-state index contributed by atoms with van der Waals surface area (Å²) in [6.45, 7) is 4.78. The van der Waals surface area contributed by atoms with E-state index in [1.54, 1.807) is 0 Å². The zero-order chi connectivity index (χ0) is 19.5. The van der Waals surface area contributed by atoms with Crippen molar-refractivity contribution in [1.29, 1.82) is 0 Å². The van der Waals surface area contributed by atoms with Crippen LogP contribution in [-0.4, -0.2) is 28.4 Å². The fourth-order valence-electron chi connectivity index (χ4n) is 5.72. The molecule has 146 valence electrons. The fraction of sp³-hybridized carbons (Fsp3) is 0.320. The Kier molecular flexibility index (Phi) is 3.72. The molecule has 6 rings (SSSR count). The van der Waals surface area contributed by atoms with Crippen LogP contribution in [0.1, 0.15) is 46.1 Å². The van der Waals surface area contributed by atoms with Gasteiger partial charge in [0.25, 0.3) is 0 Å². The first kappa shape index (κ1) is 17.0. The normalized spacial score (nSPS) is 20.9. The summed E-state index contributed by atoms with van der Waals surface area (Å²) in [4.78, 5) is 17.9. The quantitative estimate of drug-likeness (QED) is 0.521. The molecule has 0 amide bonds. The molecule has 0 spiro atoms. The molecule has 0 saturated heterocycles. The number of fused-ring (bicyclic) bond motifs is 4. The number of hydrogen-bond donors (Lipinski definition) is 2. The molecule has 2 N–H and O–H groups in total. The van der Waals surface area contributed by atoms with Gasteiger partial charge in [-0.15, -0.1) is 0 Å². The van der Waals surface area contributed by atoms with Crippen LogP contribution in [0.3, 0.4) is 0 Å². The maximum absolute atomic E-state index is 13.2. The second kappa shape index (κ2) is 6.33. The first-order valence-corrected chi connectivity index (χ1v) is 10.8.